The molecular weight excluding hydrogens is 278 g/mol. The maximum Gasteiger partial charge on any atom is 0.223 e. The van der Waals surface area contributed by atoms with E-state index in [9.17, 15) is 4.79 Å². The molecule has 2 aliphatic heterocycles. The molecule has 2 heterocycles. The Hall–Kier alpha value is -0.650. The predicted molar refractivity (Wildman–Crippen MR) is 86.8 cm³/mol. The number of nitrogens with one attached hydrogen (secondary N) is 2. The van der Waals surface area contributed by atoms with E-state index in [0.717, 1.165) is 52.2 Å². The Morgan fingerprint density at radius 2 is 1.86 bits per heavy atom. The van der Waals surface area contributed by atoms with E-state index in [4.69, 9.17) is 4.74 Å². The van der Waals surface area contributed by atoms with Crippen LogP contribution in [0.4, 0.5) is 0 Å². The van der Waals surface area contributed by atoms with Gasteiger partial charge in [0.15, 0.2) is 0 Å². The van der Waals surface area contributed by atoms with Crippen LogP contribution in [0, 0.1) is 5.92 Å². The molecule has 1 saturated carbocycles. The van der Waals surface area contributed by atoms with Crippen LogP contribution in [0.15, 0.2) is 0 Å². The van der Waals surface area contributed by atoms with Crippen molar-refractivity contribution < 1.29 is 9.53 Å². The summed E-state index contributed by atoms with van der Waals surface area (Å²) in [7, 11) is 0. The fraction of sp³-hybridized carbons (Fsp3) is 0.941. The first-order valence-corrected chi connectivity index (χ1v) is 9.06. The molecule has 2 saturated heterocycles. The van der Waals surface area contributed by atoms with Crippen molar-refractivity contribution in [3.8, 4) is 0 Å². The predicted octanol–water partition coefficient (Wildman–Crippen LogP) is 1.14. The summed E-state index contributed by atoms with van der Waals surface area (Å²) in [6.45, 7) is 7.84. The highest BCUT2D eigenvalue weighted by atomic mass is 16.5. The lowest BCUT2D eigenvalue weighted by Crippen LogP contribution is -2.62. The van der Waals surface area contributed by atoms with Crippen molar-refractivity contribution in [2.75, 3.05) is 39.4 Å². The number of rotatable bonds is 4. The Morgan fingerprint density at radius 1 is 1.23 bits per heavy atom. The van der Waals surface area contributed by atoms with Crippen LogP contribution in [-0.4, -0.2) is 61.8 Å². The summed E-state index contributed by atoms with van der Waals surface area (Å²) in [5, 5.41) is 6.72. The summed E-state index contributed by atoms with van der Waals surface area (Å²) < 4.78 is 5.52. The number of carbonyl (C=O) groups excluding carboxylic acids is 1. The zero-order valence-corrected chi connectivity index (χ0v) is 13.9. The van der Waals surface area contributed by atoms with Crippen LogP contribution in [0.1, 0.15) is 45.4 Å². The molecule has 126 valence electrons. The summed E-state index contributed by atoms with van der Waals surface area (Å²) in [6.07, 6.45) is 6.93. The van der Waals surface area contributed by atoms with Gasteiger partial charge in [0, 0.05) is 30.6 Å². The average molecular weight is 309 g/mol. The highest BCUT2D eigenvalue weighted by molar-refractivity contribution is 5.79. The van der Waals surface area contributed by atoms with E-state index in [2.05, 4.69) is 22.5 Å². The van der Waals surface area contributed by atoms with Crippen LogP contribution >= 0.6 is 0 Å². The van der Waals surface area contributed by atoms with Crippen LogP contribution in [0.5, 0.6) is 0 Å². The van der Waals surface area contributed by atoms with Gasteiger partial charge in [0.05, 0.1) is 13.2 Å². The lowest BCUT2D eigenvalue weighted by molar-refractivity contribution is -0.128. The van der Waals surface area contributed by atoms with Crippen molar-refractivity contribution in [3.05, 3.63) is 0 Å². The highest BCUT2D eigenvalue weighted by Crippen LogP contribution is 2.38. The Kier molecular flexibility index (Phi) is 5.37. The zero-order valence-electron chi connectivity index (χ0n) is 13.9. The first-order chi connectivity index (χ1) is 10.7. The van der Waals surface area contributed by atoms with Crippen molar-refractivity contribution in [3.63, 3.8) is 0 Å². The monoisotopic (exact) mass is 309 g/mol. The van der Waals surface area contributed by atoms with Gasteiger partial charge in [-0.05, 0) is 45.7 Å². The van der Waals surface area contributed by atoms with Gasteiger partial charge in [0.1, 0.15) is 0 Å². The lowest BCUT2D eigenvalue weighted by atomic mass is 9.85. The molecule has 0 spiro atoms. The minimum Gasteiger partial charge on any atom is -0.379 e. The second kappa shape index (κ2) is 7.28. The molecule has 3 rings (SSSR count). The van der Waals surface area contributed by atoms with Gasteiger partial charge in [-0.15, -0.1) is 0 Å². The Morgan fingerprint density at radius 3 is 2.50 bits per heavy atom. The molecule has 2 N–H and O–H groups in total. The first-order valence-electron chi connectivity index (χ1n) is 9.06. The van der Waals surface area contributed by atoms with E-state index in [-0.39, 0.29) is 23.4 Å². The van der Waals surface area contributed by atoms with Crippen LogP contribution in [-0.2, 0) is 9.53 Å². The summed E-state index contributed by atoms with van der Waals surface area (Å²) >= 11 is 0. The number of hydrogen-bond acceptors (Lipinski definition) is 4. The normalized spacial score (nSPS) is 28.4. The number of piperidine rings is 1. The zero-order chi connectivity index (χ0) is 15.4. The van der Waals surface area contributed by atoms with E-state index in [0.29, 0.717) is 0 Å². The third kappa shape index (κ3) is 3.31. The third-order valence-electron chi connectivity index (χ3n) is 5.98. The standard InChI is InChI=1S/C17H31N3O2/c1-14(19-16(21)15-4-8-18-9-5-15)17(6-2-3-7-17)20-10-12-22-13-11-20/h14-15,18H,2-13H2,1H3,(H,19,21). The van der Waals surface area contributed by atoms with Crippen LogP contribution in [0.3, 0.4) is 0 Å². The molecule has 5 heteroatoms. The van der Waals surface area contributed by atoms with Crippen LogP contribution in [0.25, 0.3) is 0 Å². The molecule has 0 bridgehead atoms. The maximum absolute atomic E-state index is 12.6. The van der Waals surface area contributed by atoms with E-state index in [1.165, 1.54) is 25.7 Å². The van der Waals surface area contributed by atoms with Gasteiger partial charge >= 0.3 is 0 Å². The molecule has 3 fully saturated rings. The molecule has 22 heavy (non-hydrogen) atoms. The van der Waals surface area contributed by atoms with Crippen molar-refractivity contribution in [1.82, 2.24) is 15.5 Å². The maximum atomic E-state index is 12.6. The molecule has 3 aliphatic rings. The van der Waals surface area contributed by atoms with Crippen LogP contribution in [0.2, 0.25) is 0 Å². The van der Waals surface area contributed by atoms with Gasteiger partial charge in [-0.2, -0.15) is 0 Å². The van der Waals surface area contributed by atoms with Crippen molar-refractivity contribution in [1.29, 1.82) is 0 Å². The second-order valence-corrected chi connectivity index (χ2v) is 7.16. The molecule has 0 aromatic heterocycles. The largest absolute Gasteiger partial charge is 0.379 e. The van der Waals surface area contributed by atoms with Gasteiger partial charge in [-0.1, -0.05) is 12.8 Å². The molecule has 1 unspecified atom stereocenters. The van der Waals surface area contributed by atoms with Crippen molar-refractivity contribution in [2.45, 2.75) is 57.0 Å². The van der Waals surface area contributed by atoms with Gasteiger partial charge in [-0.25, -0.2) is 0 Å². The Labute approximate surface area is 134 Å². The molecule has 1 atom stereocenters. The quantitative estimate of drug-likeness (QED) is 0.817. The van der Waals surface area contributed by atoms with Gasteiger partial charge < -0.3 is 15.4 Å². The molecule has 0 aromatic carbocycles. The smallest absolute Gasteiger partial charge is 0.223 e. The Balaban J connectivity index is 1.64. The topological polar surface area (TPSA) is 53.6 Å². The van der Waals surface area contributed by atoms with Gasteiger partial charge in [0.25, 0.3) is 0 Å². The molecule has 0 radical (unpaired) electrons. The average Bonchev–Trinajstić information content (AvgIpc) is 3.07. The Bertz CT molecular complexity index is 370. The number of amides is 1. The number of nitrogens with zero attached hydrogens (tertiary/aromatic N) is 1. The SMILES string of the molecule is CC(NC(=O)C1CCNCC1)C1(N2CCOCC2)CCCC1. The molecular formula is C17H31N3O2. The number of carbonyl (C=O) groups is 1. The van der Waals surface area contributed by atoms with E-state index in [1.807, 2.05) is 0 Å². The van der Waals surface area contributed by atoms with Crippen LogP contribution < -0.4 is 10.6 Å². The molecule has 5 nitrogen and oxygen atoms in total. The number of ether oxygens (including phenoxy) is 1. The summed E-state index contributed by atoms with van der Waals surface area (Å²) in [5.74, 6) is 0.473. The number of morpholine rings is 1. The molecule has 0 aromatic rings. The molecule has 1 amide bonds. The number of hydrogen-bond donors (Lipinski definition) is 2. The molecule has 1 aliphatic carbocycles. The second-order valence-electron chi connectivity index (χ2n) is 7.16. The van der Waals surface area contributed by atoms with E-state index >= 15 is 0 Å². The minimum atomic E-state index is 0.159. The van der Waals surface area contributed by atoms with E-state index in [1.54, 1.807) is 0 Å². The van der Waals surface area contributed by atoms with E-state index < -0.39 is 0 Å². The fourth-order valence-electron chi connectivity index (χ4n) is 4.57. The lowest BCUT2D eigenvalue weighted by Gasteiger charge is -2.47. The minimum absolute atomic E-state index is 0.159. The summed E-state index contributed by atoms with van der Waals surface area (Å²) in [6, 6.07) is 0.232. The van der Waals surface area contributed by atoms with Gasteiger partial charge in [-0.3, -0.25) is 9.69 Å². The van der Waals surface area contributed by atoms with Crippen molar-refractivity contribution >= 4 is 5.91 Å². The highest BCUT2D eigenvalue weighted by Gasteiger charge is 2.45. The van der Waals surface area contributed by atoms with Crippen molar-refractivity contribution in [2.24, 2.45) is 5.92 Å². The third-order valence-corrected chi connectivity index (χ3v) is 5.98. The van der Waals surface area contributed by atoms with Gasteiger partial charge in [0.2, 0.25) is 5.91 Å². The summed E-state index contributed by atoms with van der Waals surface area (Å²) in [5.41, 5.74) is 0.159. The first kappa shape index (κ1) is 16.2. The fourth-order valence-corrected chi connectivity index (χ4v) is 4.57. The summed E-state index contributed by atoms with van der Waals surface area (Å²) in [4.78, 5) is 15.2.